The Labute approximate surface area is 98.5 Å². The predicted octanol–water partition coefficient (Wildman–Crippen LogP) is -1.12. The number of halogens is 1. The Hall–Kier alpha value is -0.670. The Morgan fingerprint density at radius 3 is 1.93 bits per heavy atom. The molecule has 1 aromatic heterocycles. The van der Waals surface area contributed by atoms with Crippen LogP contribution in [-0.4, -0.2) is 31.1 Å². The van der Waals surface area contributed by atoms with Crippen LogP contribution in [0.4, 0.5) is 5.95 Å². The minimum Gasteiger partial charge on any atom is -1.00 e. The number of rotatable bonds is 3. The van der Waals surface area contributed by atoms with Crippen LogP contribution in [0.3, 0.4) is 0 Å². The maximum absolute atomic E-state index is 4.36. The van der Waals surface area contributed by atoms with Crippen LogP contribution in [0.1, 0.15) is 19.4 Å². The molecule has 3 nitrogen and oxygen atoms in total. The summed E-state index contributed by atoms with van der Waals surface area (Å²) < 4.78 is 0.669. The van der Waals surface area contributed by atoms with Crippen LogP contribution in [0.25, 0.3) is 0 Å². The van der Waals surface area contributed by atoms with E-state index in [1.807, 2.05) is 12.4 Å². The summed E-state index contributed by atoms with van der Waals surface area (Å²) in [6.07, 6.45) is 4.93. The standard InChI is InChI=1S/C11H20N3.ClH/c1-9(2)6-10-7-12-11(13-8-10)14(3,4)5;/h7-9H,6H2,1-5H3;1H/q+1;/p-1. The highest BCUT2D eigenvalue weighted by Gasteiger charge is 2.15. The molecular formula is C11H20ClN3. The summed E-state index contributed by atoms with van der Waals surface area (Å²) in [6.45, 7) is 4.40. The molecule has 0 aromatic carbocycles. The molecule has 0 aliphatic heterocycles. The zero-order valence-corrected chi connectivity index (χ0v) is 10.9. The molecule has 4 heteroatoms. The highest BCUT2D eigenvalue weighted by atomic mass is 35.5. The van der Waals surface area contributed by atoms with Crippen LogP contribution in [0.15, 0.2) is 12.4 Å². The molecule has 0 saturated heterocycles. The number of hydrogen-bond donors (Lipinski definition) is 0. The quantitative estimate of drug-likeness (QED) is 0.614. The maximum atomic E-state index is 4.36. The van der Waals surface area contributed by atoms with Gasteiger partial charge in [0.05, 0.1) is 21.1 Å². The summed E-state index contributed by atoms with van der Waals surface area (Å²) in [4.78, 5) is 8.73. The van der Waals surface area contributed by atoms with Gasteiger partial charge in [0.1, 0.15) is 0 Å². The molecule has 0 atom stereocenters. The van der Waals surface area contributed by atoms with Gasteiger partial charge in [0, 0.05) is 12.4 Å². The lowest BCUT2D eigenvalue weighted by molar-refractivity contribution is -0.00000359. The Morgan fingerprint density at radius 2 is 1.60 bits per heavy atom. The molecule has 1 rings (SSSR count). The zero-order chi connectivity index (χ0) is 10.8. The van der Waals surface area contributed by atoms with Crippen molar-refractivity contribution in [2.75, 3.05) is 21.1 Å². The third-order valence-electron chi connectivity index (χ3n) is 1.94. The molecule has 0 aliphatic rings. The van der Waals surface area contributed by atoms with Crippen LogP contribution in [0, 0.1) is 5.92 Å². The van der Waals surface area contributed by atoms with Crippen LogP contribution < -0.4 is 16.9 Å². The number of quaternary nitrogens is 1. The summed E-state index contributed by atoms with van der Waals surface area (Å²) >= 11 is 0. The van der Waals surface area contributed by atoms with E-state index in [0.29, 0.717) is 10.4 Å². The average molecular weight is 230 g/mol. The van der Waals surface area contributed by atoms with Crippen LogP contribution >= 0.6 is 0 Å². The highest BCUT2D eigenvalue weighted by Crippen LogP contribution is 2.11. The number of hydrogen-bond acceptors (Lipinski definition) is 2. The van der Waals surface area contributed by atoms with E-state index in [1.165, 1.54) is 5.56 Å². The van der Waals surface area contributed by atoms with Gasteiger partial charge in [-0.3, -0.25) is 4.48 Å². The topological polar surface area (TPSA) is 25.8 Å². The van der Waals surface area contributed by atoms with Gasteiger partial charge >= 0.3 is 5.95 Å². The van der Waals surface area contributed by atoms with Crippen molar-refractivity contribution in [2.45, 2.75) is 20.3 Å². The second-order valence-corrected chi connectivity index (χ2v) is 5.00. The van der Waals surface area contributed by atoms with Gasteiger partial charge in [0.2, 0.25) is 0 Å². The van der Waals surface area contributed by atoms with Gasteiger partial charge < -0.3 is 12.4 Å². The van der Waals surface area contributed by atoms with Gasteiger partial charge in [-0.2, -0.15) is 9.97 Å². The molecular weight excluding hydrogens is 210 g/mol. The molecule has 0 unspecified atom stereocenters. The first-order valence-corrected chi connectivity index (χ1v) is 5.02. The van der Waals surface area contributed by atoms with Crippen molar-refractivity contribution >= 4 is 5.95 Å². The molecule has 0 bridgehead atoms. The van der Waals surface area contributed by atoms with E-state index in [0.717, 1.165) is 12.4 Å². The second kappa shape index (κ2) is 5.42. The predicted molar refractivity (Wildman–Crippen MR) is 60.1 cm³/mol. The molecule has 0 amide bonds. The van der Waals surface area contributed by atoms with Crippen LogP contribution in [0.5, 0.6) is 0 Å². The first-order valence-electron chi connectivity index (χ1n) is 5.02. The van der Waals surface area contributed by atoms with E-state index in [4.69, 9.17) is 0 Å². The normalized spacial score (nSPS) is 11.3. The maximum Gasteiger partial charge on any atom is 0.328 e. The smallest absolute Gasteiger partial charge is 0.328 e. The molecule has 86 valence electrons. The summed E-state index contributed by atoms with van der Waals surface area (Å²) in [5, 5.41) is 0. The van der Waals surface area contributed by atoms with Crippen molar-refractivity contribution in [3.05, 3.63) is 18.0 Å². The van der Waals surface area contributed by atoms with E-state index in [9.17, 15) is 0 Å². The third kappa shape index (κ3) is 4.58. The Kier molecular flexibility index (Phi) is 5.18. The van der Waals surface area contributed by atoms with Crippen molar-refractivity contribution in [3.8, 4) is 0 Å². The summed E-state index contributed by atoms with van der Waals surface area (Å²) in [6, 6.07) is 0. The van der Waals surface area contributed by atoms with E-state index in [1.54, 1.807) is 0 Å². The summed E-state index contributed by atoms with van der Waals surface area (Å²) in [7, 11) is 6.20. The Balaban J connectivity index is 0.00000196. The molecule has 15 heavy (non-hydrogen) atoms. The van der Waals surface area contributed by atoms with Gasteiger partial charge in [-0.05, 0) is 17.9 Å². The fourth-order valence-corrected chi connectivity index (χ4v) is 1.27. The fourth-order valence-electron chi connectivity index (χ4n) is 1.27. The second-order valence-electron chi connectivity index (χ2n) is 5.00. The van der Waals surface area contributed by atoms with Gasteiger partial charge in [-0.25, -0.2) is 0 Å². The molecule has 0 N–H and O–H groups in total. The van der Waals surface area contributed by atoms with E-state index >= 15 is 0 Å². The number of nitrogens with zero attached hydrogens (tertiary/aromatic N) is 3. The fraction of sp³-hybridized carbons (Fsp3) is 0.636. The van der Waals surface area contributed by atoms with Crippen molar-refractivity contribution in [3.63, 3.8) is 0 Å². The first kappa shape index (κ1) is 14.3. The highest BCUT2D eigenvalue weighted by molar-refractivity contribution is 5.22. The molecule has 1 aromatic rings. The monoisotopic (exact) mass is 229 g/mol. The van der Waals surface area contributed by atoms with Gasteiger partial charge in [0.25, 0.3) is 0 Å². The Bertz CT molecular complexity index is 288. The van der Waals surface area contributed by atoms with Crippen molar-refractivity contribution in [2.24, 2.45) is 5.92 Å². The lowest BCUT2D eigenvalue weighted by atomic mass is 10.1. The molecule has 0 radical (unpaired) electrons. The molecule has 1 heterocycles. The first-order chi connectivity index (χ1) is 6.39. The molecule has 0 fully saturated rings. The lowest BCUT2D eigenvalue weighted by Crippen LogP contribution is -3.00. The third-order valence-corrected chi connectivity index (χ3v) is 1.94. The van der Waals surface area contributed by atoms with Gasteiger partial charge in [-0.1, -0.05) is 13.8 Å². The largest absolute Gasteiger partial charge is 1.00 e. The summed E-state index contributed by atoms with van der Waals surface area (Å²) in [5.74, 6) is 1.52. The van der Waals surface area contributed by atoms with Crippen molar-refractivity contribution < 1.29 is 12.4 Å². The molecule has 0 spiro atoms. The van der Waals surface area contributed by atoms with Gasteiger partial charge in [-0.15, -0.1) is 0 Å². The van der Waals surface area contributed by atoms with Crippen LogP contribution in [0.2, 0.25) is 0 Å². The molecule has 0 aliphatic carbocycles. The number of aromatic nitrogens is 2. The minimum absolute atomic E-state index is 0. The average Bonchev–Trinajstić information content (AvgIpc) is 2.02. The van der Waals surface area contributed by atoms with Gasteiger partial charge in [0.15, 0.2) is 0 Å². The van der Waals surface area contributed by atoms with E-state index in [-0.39, 0.29) is 12.4 Å². The van der Waals surface area contributed by atoms with E-state index in [2.05, 4.69) is 45.0 Å². The summed E-state index contributed by atoms with van der Waals surface area (Å²) in [5.41, 5.74) is 1.22. The lowest BCUT2D eigenvalue weighted by Gasteiger charge is -2.19. The Morgan fingerprint density at radius 1 is 1.13 bits per heavy atom. The van der Waals surface area contributed by atoms with Crippen molar-refractivity contribution in [1.29, 1.82) is 0 Å². The minimum atomic E-state index is 0. The van der Waals surface area contributed by atoms with Crippen molar-refractivity contribution in [1.82, 2.24) is 14.5 Å². The van der Waals surface area contributed by atoms with E-state index < -0.39 is 0 Å². The SMILES string of the molecule is CC(C)Cc1cnc([N+](C)(C)C)nc1.[Cl-]. The zero-order valence-electron chi connectivity index (χ0n) is 10.2. The molecule has 0 saturated carbocycles. The van der Waals surface area contributed by atoms with Crippen LogP contribution in [-0.2, 0) is 6.42 Å².